The molecule has 0 unspecified atom stereocenters. The molecular weight excluding hydrogens is 324 g/mol. The van der Waals surface area contributed by atoms with Crippen LogP contribution in [0, 0.1) is 0 Å². The van der Waals surface area contributed by atoms with Gasteiger partial charge in [0.05, 0.1) is 11.1 Å². The van der Waals surface area contributed by atoms with Crippen LogP contribution in [-0.2, 0) is 6.54 Å². The molecule has 0 aliphatic carbocycles. The molecule has 5 heteroatoms. The lowest BCUT2D eigenvalue weighted by Crippen LogP contribution is -2.30. The molecule has 1 aromatic carbocycles. The Morgan fingerprint density at radius 1 is 1.17 bits per heavy atom. The van der Waals surface area contributed by atoms with Gasteiger partial charge in [0.25, 0.3) is 5.91 Å². The van der Waals surface area contributed by atoms with E-state index in [0.717, 1.165) is 28.4 Å². The lowest BCUT2D eigenvalue weighted by atomic mass is 10.2. The van der Waals surface area contributed by atoms with Crippen molar-refractivity contribution in [1.29, 1.82) is 0 Å². The Kier molecular flexibility index (Phi) is 5.20. The second-order valence-corrected chi connectivity index (χ2v) is 7.20. The first-order valence-electron chi connectivity index (χ1n) is 7.61. The van der Waals surface area contributed by atoms with Crippen LogP contribution in [0.4, 0.5) is 0 Å². The quantitative estimate of drug-likeness (QED) is 0.637. The van der Waals surface area contributed by atoms with Gasteiger partial charge in [-0.15, -0.1) is 22.7 Å². The Hall–Kier alpha value is -1.98. The first kappa shape index (κ1) is 15.9. The maximum Gasteiger partial charge on any atom is 0.265 e. The molecule has 0 bridgehead atoms. The van der Waals surface area contributed by atoms with E-state index in [4.69, 9.17) is 0 Å². The number of thiazole rings is 1. The number of hydrogen-bond donors (Lipinski definition) is 0. The van der Waals surface area contributed by atoms with E-state index in [1.807, 2.05) is 40.6 Å². The Morgan fingerprint density at radius 3 is 2.70 bits per heavy atom. The first-order chi connectivity index (χ1) is 11.3. The van der Waals surface area contributed by atoms with Crippen LogP contribution >= 0.6 is 22.7 Å². The third-order valence-corrected chi connectivity index (χ3v) is 5.47. The van der Waals surface area contributed by atoms with Crippen LogP contribution in [0.5, 0.6) is 0 Å². The lowest BCUT2D eigenvalue weighted by molar-refractivity contribution is 0.0748. The van der Waals surface area contributed by atoms with Gasteiger partial charge in [-0.25, -0.2) is 4.98 Å². The minimum absolute atomic E-state index is 0.0657. The van der Waals surface area contributed by atoms with Crippen molar-refractivity contribution in [3.63, 3.8) is 0 Å². The van der Waals surface area contributed by atoms with Crippen molar-refractivity contribution in [3.8, 4) is 9.88 Å². The van der Waals surface area contributed by atoms with E-state index >= 15 is 0 Å². The highest BCUT2D eigenvalue weighted by molar-refractivity contribution is 7.21. The van der Waals surface area contributed by atoms with Crippen LogP contribution in [0.25, 0.3) is 9.88 Å². The predicted octanol–water partition coefficient (Wildman–Crippen LogP) is 4.92. The highest BCUT2D eigenvalue weighted by Crippen LogP contribution is 2.29. The Labute approximate surface area is 144 Å². The van der Waals surface area contributed by atoms with Crippen LogP contribution < -0.4 is 0 Å². The average molecular weight is 342 g/mol. The number of rotatable bonds is 6. The Morgan fingerprint density at radius 2 is 2.00 bits per heavy atom. The summed E-state index contributed by atoms with van der Waals surface area (Å²) >= 11 is 3.12. The maximum absolute atomic E-state index is 12.8. The molecule has 23 heavy (non-hydrogen) atoms. The van der Waals surface area contributed by atoms with Crippen molar-refractivity contribution in [2.45, 2.75) is 19.9 Å². The van der Waals surface area contributed by atoms with Crippen LogP contribution in [-0.4, -0.2) is 22.3 Å². The smallest absolute Gasteiger partial charge is 0.265 e. The fraction of sp³-hybridized carbons (Fsp3) is 0.222. The van der Waals surface area contributed by atoms with Gasteiger partial charge in [0.2, 0.25) is 0 Å². The fourth-order valence-electron chi connectivity index (χ4n) is 2.37. The van der Waals surface area contributed by atoms with E-state index in [1.54, 1.807) is 17.5 Å². The third-order valence-electron chi connectivity index (χ3n) is 3.45. The van der Waals surface area contributed by atoms with Gasteiger partial charge >= 0.3 is 0 Å². The van der Waals surface area contributed by atoms with Gasteiger partial charge < -0.3 is 4.90 Å². The minimum Gasteiger partial charge on any atom is -0.334 e. The number of nitrogens with zero attached hydrogens (tertiary/aromatic N) is 2. The lowest BCUT2D eigenvalue weighted by Gasteiger charge is -2.21. The maximum atomic E-state index is 12.8. The van der Waals surface area contributed by atoms with Crippen LogP contribution in [0.2, 0.25) is 0 Å². The molecule has 0 N–H and O–H groups in total. The van der Waals surface area contributed by atoms with Gasteiger partial charge in [-0.1, -0.05) is 43.3 Å². The number of hydrogen-bond acceptors (Lipinski definition) is 4. The molecule has 0 saturated carbocycles. The molecule has 2 heterocycles. The zero-order valence-corrected chi connectivity index (χ0v) is 14.6. The number of benzene rings is 1. The van der Waals surface area contributed by atoms with E-state index in [2.05, 4.69) is 24.0 Å². The van der Waals surface area contributed by atoms with Crippen molar-refractivity contribution in [2.75, 3.05) is 6.54 Å². The summed E-state index contributed by atoms with van der Waals surface area (Å²) in [6, 6.07) is 14.1. The number of amides is 1. The van der Waals surface area contributed by atoms with E-state index in [-0.39, 0.29) is 5.91 Å². The molecule has 0 aliphatic heterocycles. The molecule has 0 atom stereocenters. The molecule has 2 aromatic heterocycles. The van der Waals surface area contributed by atoms with Crippen molar-refractivity contribution in [3.05, 3.63) is 64.5 Å². The first-order valence-corrected chi connectivity index (χ1v) is 9.30. The summed E-state index contributed by atoms with van der Waals surface area (Å²) in [5, 5.41) is 2.94. The SMILES string of the molecule is CCCN(Cc1ccccc1)C(=O)c1cnc(-c2cccs2)s1. The molecule has 118 valence electrons. The molecule has 3 nitrogen and oxygen atoms in total. The van der Waals surface area contributed by atoms with Crippen LogP contribution in [0.15, 0.2) is 54.0 Å². The number of carbonyl (C=O) groups is 1. The average Bonchev–Trinajstić information content (AvgIpc) is 3.26. The summed E-state index contributed by atoms with van der Waals surface area (Å²) in [6.45, 7) is 3.48. The van der Waals surface area contributed by atoms with Gasteiger partial charge in [0.15, 0.2) is 0 Å². The number of carbonyl (C=O) groups excluding carboxylic acids is 1. The second kappa shape index (κ2) is 7.53. The fourth-order valence-corrected chi connectivity index (χ4v) is 4.06. The molecule has 3 rings (SSSR count). The van der Waals surface area contributed by atoms with Crippen LogP contribution in [0.1, 0.15) is 28.6 Å². The standard InChI is InChI=1S/C18H18N2OS2/c1-2-10-20(13-14-7-4-3-5-8-14)18(21)16-12-19-17(23-16)15-9-6-11-22-15/h3-9,11-12H,2,10,13H2,1H3. The van der Waals surface area contributed by atoms with Gasteiger partial charge in [-0.05, 0) is 23.4 Å². The summed E-state index contributed by atoms with van der Waals surface area (Å²) in [5.74, 6) is 0.0657. The normalized spacial score (nSPS) is 10.7. The van der Waals surface area contributed by atoms with Crippen molar-refractivity contribution in [2.24, 2.45) is 0 Å². The Bertz CT molecular complexity index is 750. The zero-order valence-electron chi connectivity index (χ0n) is 12.9. The monoisotopic (exact) mass is 342 g/mol. The molecule has 0 saturated heterocycles. The van der Waals surface area contributed by atoms with Gasteiger partial charge in [0, 0.05) is 13.1 Å². The van der Waals surface area contributed by atoms with Gasteiger partial charge in [0.1, 0.15) is 9.88 Å². The van der Waals surface area contributed by atoms with E-state index < -0.39 is 0 Å². The van der Waals surface area contributed by atoms with Gasteiger partial charge in [-0.3, -0.25) is 4.79 Å². The summed E-state index contributed by atoms with van der Waals surface area (Å²) in [7, 11) is 0. The highest BCUT2D eigenvalue weighted by atomic mass is 32.1. The zero-order chi connectivity index (χ0) is 16.1. The number of thiophene rings is 1. The summed E-state index contributed by atoms with van der Waals surface area (Å²) in [4.78, 5) is 21.0. The van der Waals surface area contributed by atoms with Crippen molar-refractivity contribution in [1.82, 2.24) is 9.88 Å². The third kappa shape index (κ3) is 3.86. The minimum atomic E-state index is 0.0657. The summed E-state index contributed by atoms with van der Waals surface area (Å²) in [6.07, 6.45) is 2.64. The summed E-state index contributed by atoms with van der Waals surface area (Å²) in [5.41, 5.74) is 1.15. The molecule has 0 spiro atoms. The van der Waals surface area contributed by atoms with E-state index in [9.17, 15) is 4.79 Å². The second-order valence-electron chi connectivity index (χ2n) is 5.22. The largest absolute Gasteiger partial charge is 0.334 e. The molecule has 1 amide bonds. The van der Waals surface area contributed by atoms with Crippen molar-refractivity contribution < 1.29 is 4.79 Å². The van der Waals surface area contributed by atoms with Crippen LogP contribution in [0.3, 0.4) is 0 Å². The van der Waals surface area contributed by atoms with Crippen molar-refractivity contribution >= 4 is 28.6 Å². The molecule has 3 aromatic rings. The Balaban J connectivity index is 1.78. The van der Waals surface area contributed by atoms with E-state index in [1.165, 1.54) is 11.3 Å². The molecule has 0 aliphatic rings. The summed E-state index contributed by atoms with van der Waals surface area (Å²) < 4.78 is 0. The predicted molar refractivity (Wildman–Crippen MR) is 96.9 cm³/mol. The van der Waals surface area contributed by atoms with E-state index in [0.29, 0.717) is 11.4 Å². The topological polar surface area (TPSA) is 33.2 Å². The molecular formula is C18H18N2OS2. The van der Waals surface area contributed by atoms with Gasteiger partial charge in [-0.2, -0.15) is 0 Å². The number of aromatic nitrogens is 1. The molecule has 0 fully saturated rings. The molecule has 0 radical (unpaired) electrons. The highest BCUT2D eigenvalue weighted by Gasteiger charge is 2.19.